The average molecular weight is 300 g/mol. The lowest BCUT2D eigenvalue weighted by Gasteiger charge is -2.20. The zero-order valence-electron chi connectivity index (χ0n) is 12.1. The fraction of sp³-hybridized carbons (Fsp3) is 0.500. The number of nitrogens with two attached hydrogens (primary N) is 1. The van der Waals surface area contributed by atoms with Gasteiger partial charge < -0.3 is 15.0 Å². The Bertz CT molecular complexity index is 606. The van der Waals surface area contributed by atoms with Gasteiger partial charge in [-0.25, -0.2) is 4.98 Å². The number of anilines is 1. The van der Waals surface area contributed by atoms with Crippen molar-refractivity contribution in [2.45, 2.75) is 32.0 Å². The summed E-state index contributed by atoms with van der Waals surface area (Å²) in [5.74, 6) is 0.336. The van der Waals surface area contributed by atoms with Crippen molar-refractivity contribution in [3.8, 4) is 0 Å². The second-order valence-corrected chi connectivity index (χ2v) is 5.15. The van der Waals surface area contributed by atoms with Crippen LogP contribution in [0.3, 0.4) is 0 Å². The summed E-state index contributed by atoms with van der Waals surface area (Å²) >= 11 is 0. The minimum absolute atomic E-state index is 0.108. The number of rotatable bonds is 5. The van der Waals surface area contributed by atoms with Gasteiger partial charge in [0.2, 0.25) is 0 Å². The van der Waals surface area contributed by atoms with Crippen LogP contribution in [0.4, 0.5) is 19.0 Å². The molecule has 4 nitrogen and oxygen atoms in total. The SMILES string of the molecule is CCC(N)Cc1c(N(C)CC(F)(F)F)nc2ccccn12. The van der Waals surface area contributed by atoms with Gasteiger partial charge >= 0.3 is 6.18 Å². The van der Waals surface area contributed by atoms with Crippen molar-refractivity contribution in [3.05, 3.63) is 30.1 Å². The molecular weight excluding hydrogens is 281 g/mol. The smallest absolute Gasteiger partial charge is 0.349 e. The molecule has 0 bridgehead atoms. The number of hydrogen-bond acceptors (Lipinski definition) is 3. The molecule has 2 aromatic heterocycles. The molecule has 0 aliphatic heterocycles. The van der Waals surface area contributed by atoms with Gasteiger partial charge in [0.15, 0.2) is 5.82 Å². The maximum absolute atomic E-state index is 12.6. The molecule has 0 aliphatic rings. The highest BCUT2D eigenvalue weighted by Gasteiger charge is 2.31. The minimum atomic E-state index is -4.27. The van der Waals surface area contributed by atoms with Gasteiger partial charge in [0.1, 0.15) is 12.2 Å². The first-order chi connectivity index (χ1) is 9.81. The van der Waals surface area contributed by atoms with E-state index in [1.165, 1.54) is 7.05 Å². The third-order valence-corrected chi connectivity index (χ3v) is 3.37. The highest BCUT2D eigenvalue weighted by atomic mass is 19.4. The summed E-state index contributed by atoms with van der Waals surface area (Å²) < 4.78 is 39.6. The topological polar surface area (TPSA) is 46.6 Å². The summed E-state index contributed by atoms with van der Waals surface area (Å²) in [5, 5.41) is 0. The van der Waals surface area contributed by atoms with Crippen LogP contribution >= 0.6 is 0 Å². The number of fused-ring (bicyclic) bond motifs is 1. The van der Waals surface area contributed by atoms with Crippen molar-refractivity contribution in [2.24, 2.45) is 5.73 Å². The van der Waals surface area contributed by atoms with Gasteiger partial charge in [0.05, 0.1) is 5.69 Å². The summed E-state index contributed by atoms with van der Waals surface area (Å²) in [7, 11) is 1.40. The Labute approximate surface area is 121 Å². The standard InChI is InChI=1S/C14H19F3N4/c1-3-10(18)8-11-13(20(2)9-14(15,16)17)19-12-6-4-5-7-21(11)12/h4-7,10H,3,8-9,18H2,1-2H3. The van der Waals surface area contributed by atoms with E-state index in [-0.39, 0.29) is 6.04 Å². The summed E-state index contributed by atoms with van der Waals surface area (Å²) in [6, 6.07) is 5.29. The van der Waals surface area contributed by atoms with E-state index in [2.05, 4.69) is 4.98 Å². The van der Waals surface area contributed by atoms with Gasteiger partial charge in [-0.1, -0.05) is 13.0 Å². The molecule has 116 valence electrons. The quantitative estimate of drug-likeness (QED) is 0.923. The monoisotopic (exact) mass is 300 g/mol. The molecule has 0 radical (unpaired) electrons. The second-order valence-electron chi connectivity index (χ2n) is 5.15. The van der Waals surface area contributed by atoms with E-state index in [0.29, 0.717) is 23.6 Å². The molecule has 1 atom stereocenters. The number of hydrogen-bond donors (Lipinski definition) is 1. The molecule has 21 heavy (non-hydrogen) atoms. The summed E-state index contributed by atoms with van der Waals surface area (Å²) in [5.41, 5.74) is 7.31. The van der Waals surface area contributed by atoms with Crippen molar-refractivity contribution in [1.82, 2.24) is 9.38 Å². The van der Waals surface area contributed by atoms with E-state index in [0.717, 1.165) is 11.3 Å². The molecule has 1 unspecified atom stereocenters. The van der Waals surface area contributed by atoms with Crippen molar-refractivity contribution in [3.63, 3.8) is 0 Å². The molecule has 2 aromatic rings. The van der Waals surface area contributed by atoms with Gasteiger partial charge in [-0.3, -0.25) is 0 Å². The Morgan fingerprint density at radius 3 is 2.71 bits per heavy atom. The van der Waals surface area contributed by atoms with Crippen LogP contribution < -0.4 is 10.6 Å². The number of imidazole rings is 1. The largest absolute Gasteiger partial charge is 0.405 e. The number of aromatic nitrogens is 2. The molecule has 7 heteroatoms. The van der Waals surface area contributed by atoms with Crippen LogP contribution in [0.25, 0.3) is 5.65 Å². The number of alkyl halides is 3. The van der Waals surface area contributed by atoms with E-state index >= 15 is 0 Å². The summed E-state index contributed by atoms with van der Waals surface area (Å²) in [6.07, 6.45) is -1.23. The second kappa shape index (κ2) is 5.93. The third kappa shape index (κ3) is 3.66. The lowest BCUT2D eigenvalue weighted by atomic mass is 10.1. The molecule has 0 amide bonds. The zero-order valence-corrected chi connectivity index (χ0v) is 12.1. The van der Waals surface area contributed by atoms with Gasteiger partial charge in [-0.15, -0.1) is 0 Å². The zero-order chi connectivity index (χ0) is 15.6. The Morgan fingerprint density at radius 1 is 1.38 bits per heavy atom. The number of halogens is 3. The van der Waals surface area contributed by atoms with Gasteiger partial charge in [0.25, 0.3) is 0 Å². The first-order valence-electron chi connectivity index (χ1n) is 6.81. The minimum Gasteiger partial charge on any atom is -0.349 e. The first kappa shape index (κ1) is 15.6. The van der Waals surface area contributed by atoms with Crippen molar-refractivity contribution in [1.29, 1.82) is 0 Å². The molecule has 2 rings (SSSR count). The molecule has 0 saturated heterocycles. The first-order valence-corrected chi connectivity index (χ1v) is 6.81. The van der Waals surface area contributed by atoms with Crippen LogP contribution in [-0.2, 0) is 6.42 Å². The molecule has 0 aliphatic carbocycles. The van der Waals surface area contributed by atoms with E-state index < -0.39 is 12.7 Å². The van der Waals surface area contributed by atoms with Crippen LogP contribution in [0, 0.1) is 0 Å². The third-order valence-electron chi connectivity index (χ3n) is 3.37. The number of pyridine rings is 1. The Hall–Kier alpha value is -1.76. The molecule has 0 fully saturated rings. The maximum Gasteiger partial charge on any atom is 0.405 e. The van der Waals surface area contributed by atoms with Crippen LogP contribution in [0.1, 0.15) is 19.0 Å². The average Bonchev–Trinajstić information content (AvgIpc) is 2.76. The van der Waals surface area contributed by atoms with Crippen molar-refractivity contribution in [2.75, 3.05) is 18.5 Å². The normalized spacial score (nSPS) is 13.6. The molecule has 2 N–H and O–H groups in total. The molecule has 2 heterocycles. The highest BCUT2D eigenvalue weighted by molar-refractivity contribution is 5.56. The van der Waals surface area contributed by atoms with Gasteiger partial charge in [-0.2, -0.15) is 13.2 Å². The lowest BCUT2D eigenvalue weighted by molar-refractivity contribution is -0.119. The fourth-order valence-corrected chi connectivity index (χ4v) is 2.27. The molecule has 0 aromatic carbocycles. The van der Waals surface area contributed by atoms with Gasteiger partial charge in [0, 0.05) is 25.7 Å². The fourth-order valence-electron chi connectivity index (χ4n) is 2.27. The molecule has 0 spiro atoms. The van der Waals surface area contributed by atoms with Gasteiger partial charge in [-0.05, 0) is 18.6 Å². The van der Waals surface area contributed by atoms with E-state index in [1.807, 2.05) is 13.0 Å². The van der Waals surface area contributed by atoms with E-state index in [1.54, 1.807) is 22.7 Å². The molecule has 0 saturated carbocycles. The predicted molar refractivity (Wildman–Crippen MR) is 76.5 cm³/mol. The summed E-state index contributed by atoms with van der Waals surface area (Å²) in [4.78, 5) is 5.45. The highest BCUT2D eigenvalue weighted by Crippen LogP contribution is 2.25. The lowest BCUT2D eigenvalue weighted by Crippen LogP contribution is -2.32. The molecular formula is C14H19F3N4. The maximum atomic E-state index is 12.6. The van der Waals surface area contributed by atoms with Crippen LogP contribution in [0.15, 0.2) is 24.4 Å². The predicted octanol–water partition coefficient (Wildman–Crippen LogP) is 2.61. The van der Waals surface area contributed by atoms with E-state index in [9.17, 15) is 13.2 Å². The summed E-state index contributed by atoms with van der Waals surface area (Å²) in [6.45, 7) is 0.915. The Balaban J connectivity index is 2.43. The van der Waals surface area contributed by atoms with Crippen molar-refractivity contribution >= 4 is 11.5 Å². The Morgan fingerprint density at radius 2 is 2.10 bits per heavy atom. The van der Waals surface area contributed by atoms with Crippen LogP contribution in [0.2, 0.25) is 0 Å². The number of nitrogens with zero attached hydrogens (tertiary/aromatic N) is 3. The van der Waals surface area contributed by atoms with Crippen LogP contribution in [0.5, 0.6) is 0 Å². The van der Waals surface area contributed by atoms with E-state index in [4.69, 9.17) is 5.73 Å². The Kier molecular flexibility index (Phi) is 4.41. The van der Waals surface area contributed by atoms with Crippen LogP contribution in [-0.4, -0.2) is 35.2 Å². The van der Waals surface area contributed by atoms with Crippen molar-refractivity contribution < 1.29 is 13.2 Å².